The predicted molar refractivity (Wildman–Crippen MR) is 72.8 cm³/mol. The molecule has 0 N–H and O–H groups in total. The first kappa shape index (κ1) is 14.3. The van der Waals surface area contributed by atoms with Crippen LogP contribution in [0.1, 0.15) is 13.8 Å². The largest absolute Gasteiger partial charge is 0.426 e. The molecular weight excluding hydrogens is 332 g/mol. The fraction of sp³-hybridized carbons (Fsp3) is 0.154. The minimum atomic E-state index is -0.591. The van der Waals surface area contributed by atoms with E-state index in [0.717, 1.165) is 0 Å². The molecule has 0 saturated carbocycles. The number of carbonyl (C=O) groups excluding carboxylic acids is 2. The zero-order valence-corrected chi connectivity index (χ0v) is 12.1. The Kier molecular flexibility index (Phi) is 3.89. The Morgan fingerprint density at radius 1 is 1.10 bits per heavy atom. The van der Waals surface area contributed by atoms with Gasteiger partial charge < -0.3 is 13.9 Å². The third-order valence-corrected chi connectivity index (χ3v) is 2.81. The van der Waals surface area contributed by atoms with Crippen LogP contribution in [0.5, 0.6) is 11.5 Å². The highest BCUT2D eigenvalue weighted by molar-refractivity contribution is 9.10. The molecule has 0 radical (unpaired) electrons. The highest BCUT2D eigenvalue weighted by Crippen LogP contribution is 2.32. The molecule has 0 spiro atoms. The number of benzene rings is 1. The van der Waals surface area contributed by atoms with Crippen LogP contribution in [0.2, 0.25) is 0 Å². The Morgan fingerprint density at radius 2 is 1.75 bits per heavy atom. The molecule has 0 aliphatic heterocycles. The van der Waals surface area contributed by atoms with Gasteiger partial charge in [-0.15, -0.1) is 0 Å². The van der Waals surface area contributed by atoms with Crippen molar-refractivity contribution in [2.75, 3.05) is 0 Å². The summed E-state index contributed by atoms with van der Waals surface area (Å²) in [6, 6.07) is 4.21. The zero-order chi connectivity index (χ0) is 14.9. The average molecular weight is 341 g/mol. The molecule has 2 rings (SSSR count). The summed E-state index contributed by atoms with van der Waals surface area (Å²) < 4.78 is 15.2. The van der Waals surface area contributed by atoms with Gasteiger partial charge in [-0.05, 0) is 22.0 Å². The second kappa shape index (κ2) is 5.46. The first-order chi connectivity index (χ1) is 9.36. The zero-order valence-electron chi connectivity index (χ0n) is 10.6. The van der Waals surface area contributed by atoms with Crippen LogP contribution in [0.25, 0.3) is 11.0 Å². The van der Waals surface area contributed by atoms with Crippen LogP contribution in [0.3, 0.4) is 0 Å². The Bertz CT molecular complexity index is 761. The van der Waals surface area contributed by atoms with Crippen LogP contribution < -0.4 is 15.1 Å². The minimum Gasteiger partial charge on any atom is -0.426 e. The lowest BCUT2D eigenvalue weighted by Crippen LogP contribution is -2.06. The van der Waals surface area contributed by atoms with Gasteiger partial charge in [0.25, 0.3) is 0 Å². The molecule has 0 bridgehead atoms. The predicted octanol–water partition coefficient (Wildman–Crippen LogP) is 2.41. The molecular formula is C13H9BrO6. The van der Waals surface area contributed by atoms with Crippen molar-refractivity contribution in [1.82, 2.24) is 0 Å². The van der Waals surface area contributed by atoms with Gasteiger partial charge in [0.1, 0.15) is 21.6 Å². The molecule has 0 atom stereocenters. The number of rotatable bonds is 2. The van der Waals surface area contributed by atoms with Crippen LogP contribution in [-0.4, -0.2) is 11.9 Å². The molecule has 7 heteroatoms. The maximum atomic E-state index is 11.5. The van der Waals surface area contributed by atoms with E-state index in [-0.39, 0.29) is 21.6 Å². The number of hydrogen-bond acceptors (Lipinski definition) is 6. The van der Waals surface area contributed by atoms with E-state index in [9.17, 15) is 14.4 Å². The van der Waals surface area contributed by atoms with E-state index < -0.39 is 17.6 Å². The molecule has 0 aliphatic rings. The third kappa shape index (κ3) is 3.05. The number of halogens is 1. The van der Waals surface area contributed by atoms with Crippen LogP contribution in [0, 0.1) is 0 Å². The lowest BCUT2D eigenvalue weighted by Gasteiger charge is -2.08. The maximum Gasteiger partial charge on any atom is 0.350 e. The summed E-state index contributed by atoms with van der Waals surface area (Å²) in [6.07, 6.45) is 0. The normalized spacial score (nSPS) is 10.3. The topological polar surface area (TPSA) is 82.8 Å². The fourth-order valence-corrected chi connectivity index (χ4v) is 1.91. The molecule has 6 nitrogen and oxygen atoms in total. The molecule has 0 amide bonds. The Morgan fingerprint density at radius 3 is 2.35 bits per heavy atom. The molecule has 2 aromatic rings. The first-order valence-corrected chi connectivity index (χ1v) is 6.30. The van der Waals surface area contributed by atoms with Gasteiger partial charge in [-0.2, -0.15) is 0 Å². The van der Waals surface area contributed by atoms with Gasteiger partial charge in [-0.1, -0.05) is 0 Å². The molecule has 1 aromatic heterocycles. The van der Waals surface area contributed by atoms with Gasteiger partial charge >= 0.3 is 17.6 Å². The van der Waals surface area contributed by atoms with Crippen LogP contribution in [0.15, 0.2) is 31.9 Å². The monoisotopic (exact) mass is 340 g/mol. The molecule has 0 unspecified atom stereocenters. The Hall–Kier alpha value is -2.15. The molecule has 0 saturated heterocycles. The van der Waals surface area contributed by atoms with Gasteiger partial charge in [0.2, 0.25) is 0 Å². The number of esters is 2. The van der Waals surface area contributed by atoms with Gasteiger partial charge in [-0.25, -0.2) is 4.79 Å². The van der Waals surface area contributed by atoms with E-state index in [1.54, 1.807) is 0 Å². The van der Waals surface area contributed by atoms with Crippen LogP contribution in [-0.2, 0) is 9.59 Å². The second-order valence-corrected chi connectivity index (χ2v) is 4.76. The van der Waals surface area contributed by atoms with E-state index in [4.69, 9.17) is 13.9 Å². The summed E-state index contributed by atoms with van der Waals surface area (Å²) in [5.41, 5.74) is -0.445. The highest BCUT2D eigenvalue weighted by Gasteiger charge is 2.13. The van der Waals surface area contributed by atoms with Crippen molar-refractivity contribution in [2.24, 2.45) is 0 Å². The summed E-state index contributed by atoms with van der Waals surface area (Å²) in [4.78, 5) is 33.6. The van der Waals surface area contributed by atoms with Crippen molar-refractivity contribution in [3.63, 3.8) is 0 Å². The number of ether oxygens (including phenoxy) is 2. The van der Waals surface area contributed by atoms with Crippen molar-refractivity contribution in [3.8, 4) is 11.5 Å². The molecule has 1 aromatic carbocycles. The highest BCUT2D eigenvalue weighted by atomic mass is 79.9. The van der Waals surface area contributed by atoms with Crippen molar-refractivity contribution in [2.45, 2.75) is 13.8 Å². The lowest BCUT2D eigenvalue weighted by atomic mass is 10.2. The molecule has 1 heterocycles. The van der Waals surface area contributed by atoms with Crippen LogP contribution in [0.4, 0.5) is 0 Å². The van der Waals surface area contributed by atoms with E-state index >= 15 is 0 Å². The minimum absolute atomic E-state index is 0.117. The van der Waals surface area contributed by atoms with Gasteiger partial charge in [0.15, 0.2) is 0 Å². The number of fused-ring (bicyclic) bond motifs is 1. The number of carbonyl (C=O) groups is 2. The molecule has 104 valence electrons. The Balaban J connectivity index is 2.70. The molecule has 0 aliphatic carbocycles. The van der Waals surface area contributed by atoms with E-state index in [1.165, 1.54) is 32.0 Å². The number of hydrogen-bond donors (Lipinski definition) is 0. The lowest BCUT2D eigenvalue weighted by molar-refractivity contribution is -0.132. The van der Waals surface area contributed by atoms with Crippen molar-refractivity contribution in [1.29, 1.82) is 0 Å². The van der Waals surface area contributed by atoms with E-state index in [1.807, 2.05) is 0 Å². The van der Waals surface area contributed by atoms with Crippen molar-refractivity contribution >= 4 is 38.8 Å². The van der Waals surface area contributed by atoms with Gasteiger partial charge in [-0.3, -0.25) is 9.59 Å². The van der Waals surface area contributed by atoms with E-state index in [2.05, 4.69) is 15.9 Å². The summed E-state index contributed by atoms with van der Waals surface area (Å²) in [5.74, 6) is -0.839. The first-order valence-electron chi connectivity index (χ1n) is 5.51. The van der Waals surface area contributed by atoms with E-state index in [0.29, 0.717) is 5.39 Å². The SMILES string of the molecule is CC(=O)Oc1cc(OC(C)=O)c2cc(Br)c(=O)oc2c1. The smallest absolute Gasteiger partial charge is 0.350 e. The van der Waals surface area contributed by atoms with Crippen molar-refractivity contribution < 1.29 is 23.5 Å². The average Bonchev–Trinajstić information content (AvgIpc) is 2.30. The standard InChI is InChI=1S/C13H9BrO6/c1-6(15)18-8-3-11(19-7(2)16)9-5-10(14)13(17)20-12(9)4-8/h3-5H,1-2H3. The summed E-state index contributed by atoms with van der Waals surface area (Å²) in [5, 5.41) is 0.405. The second-order valence-electron chi connectivity index (χ2n) is 3.90. The summed E-state index contributed by atoms with van der Waals surface area (Å²) in [6.45, 7) is 2.46. The van der Waals surface area contributed by atoms with Crippen molar-refractivity contribution in [3.05, 3.63) is 33.1 Å². The van der Waals surface area contributed by atoms with Crippen LogP contribution >= 0.6 is 15.9 Å². The summed E-state index contributed by atoms with van der Waals surface area (Å²) >= 11 is 3.04. The third-order valence-electron chi connectivity index (χ3n) is 2.26. The molecule has 0 fully saturated rings. The van der Waals surface area contributed by atoms with Gasteiger partial charge in [0, 0.05) is 26.0 Å². The Labute approximate surface area is 121 Å². The summed E-state index contributed by atoms with van der Waals surface area (Å²) in [7, 11) is 0. The van der Waals surface area contributed by atoms with Gasteiger partial charge in [0.05, 0.1) is 5.39 Å². The molecule has 20 heavy (non-hydrogen) atoms. The fourth-order valence-electron chi connectivity index (χ4n) is 1.60. The quantitative estimate of drug-likeness (QED) is 0.474. The maximum absolute atomic E-state index is 11.5.